The largest absolute Gasteiger partial charge is 0.378 e. The summed E-state index contributed by atoms with van der Waals surface area (Å²) in [7, 11) is 3.63. The van der Waals surface area contributed by atoms with Crippen molar-refractivity contribution in [2.24, 2.45) is 16.1 Å². The van der Waals surface area contributed by atoms with Crippen molar-refractivity contribution >= 4 is 35.8 Å². The van der Waals surface area contributed by atoms with E-state index < -0.39 is 0 Å². The Hall–Kier alpha value is -0.570. The molecule has 0 radical (unpaired) electrons. The highest BCUT2D eigenvalue weighted by atomic mass is 127. The predicted octanol–water partition coefficient (Wildman–Crippen LogP) is 0.900. The summed E-state index contributed by atoms with van der Waals surface area (Å²) in [5.41, 5.74) is 5.72. The van der Waals surface area contributed by atoms with Crippen molar-refractivity contribution in [3.63, 3.8) is 0 Å². The van der Waals surface area contributed by atoms with Crippen molar-refractivity contribution in [3.8, 4) is 0 Å². The number of ether oxygens (including phenoxy) is 1. The van der Waals surface area contributed by atoms with E-state index in [-0.39, 0.29) is 35.3 Å². The highest BCUT2D eigenvalue weighted by molar-refractivity contribution is 14.0. The smallest absolute Gasteiger partial charge is 0.230 e. The van der Waals surface area contributed by atoms with Gasteiger partial charge in [-0.1, -0.05) is 12.8 Å². The summed E-state index contributed by atoms with van der Waals surface area (Å²) in [6.07, 6.45) is 4.05. The fourth-order valence-corrected chi connectivity index (χ4v) is 3.09. The quantitative estimate of drug-likeness (QED) is 0.427. The number of carbonyl (C=O) groups excluding carboxylic acids is 1. The maximum absolute atomic E-state index is 12.4. The molecule has 2 aliphatic rings. The highest BCUT2D eigenvalue weighted by Gasteiger charge is 2.42. The molecule has 0 aromatic carbocycles. The van der Waals surface area contributed by atoms with Gasteiger partial charge >= 0.3 is 0 Å². The van der Waals surface area contributed by atoms with Gasteiger partial charge in [0.15, 0.2) is 5.96 Å². The molecule has 0 aromatic rings. The minimum Gasteiger partial charge on any atom is -0.378 e. The van der Waals surface area contributed by atoms with Gasteiger partial charge in [0.25, 0.3) is 0 Å². The van der Waals surface area contributed by atoms with E-state index in [1.807, 2.05) is 19.0 Å². The molecule has 0 aromatic heterocycles. The van der Waals surface area contributed by atoms with Crippen LogP contribution >= 0.6 is 24.0 Å². The number of morpholine rings is 1. The summed E-state index contributed by atoms with van der Waals surface area (Å²) >= 11 is 0. The van der Waals surface area contributed by atoms with Crippen molar-refractivity contribution in [2.75, 3.05) is 46.9 Å². The van der Waals surface area contributed by atoms with Crippen LogP contribution in [0.5, 0.6) is 0 Å². The molecule has 2 fully saturated rings. The number of aliphatic imine (C=N–C) groups is 1. The minimum absolute atomic E-state index is 0. The number of nitrogens with two attached hydrogens (primary N) is 1. The maximum Gasteiger partial charge on any atom is 0.230 e. The van der Waals surface area contributed by atoms with Crippen LogP contribution < -0.4 is 5.73 Å². The molecule has 2 rings (SSSR count). The summed E-state index contributed by atoms with van der Waals surface area (Å²) in [6, 6.07) is 0. The van der Waals surface area contributed by atoms with Gasteiger partial charge in [0, 0.05) is 27.2 Å². The fourth-order valence-electron chi connectivity index (χ4n) is 3.09. The number of hydrogen-bond donors (Lipinski definition) is 1. The number of carbonyl (C=O) groups is 1. The molecule has 2 N–H and O–H groups in total. The van der Waals surface area contributed by atoms with Crippen LogP contribution in [-0.4, -0.2) is 68.6 Å². The van der Waals surface area contributed by atoms with E-state index in [0.29, 0.717) is 25.7 Å². The molecule has 6 nitrogen and oxygen atoms in total. The number of halogens is 1. The third-order valence-corrected chi connectivity index (χ3v) is 4.30. The van der Waals surface area contributed by atoms with E-state index in [1.165, 1.54) is 0 Å². The molecule has 0 bridgehead atoms. The average molecular weight is 410 g/mol. The van der Waals surface area contributed by atoms with E-state index in [4.69, 9.17) is 10.5 Å². The van der Waals surface area contributed by atoms with E-state index in [0.717, 1.165) is 38.8 Å². The van der Waals surface area contributed by atoms with Gasteiger partial charge in [-0.05, 0) is 12.8 Å². The zero-order valence-electron chi connectivity index (χ0n) is 13.0. The molecule has 7 heteroatoms. The van der Waals surface area contributed by atoms with Gasteiger partial charge in [0.1, 0.15) is 0 Å². The van der Waals surface area contributed by atoms with Gasteiger partial charge in [0.2, 0.25) is 5.91 Å². The lowest BCUT2D eigenvalue weighted by Gasteiger charge is -2.31. The second kappa shape index (κ2) is 8.17. The van der Waals surface area contributed by atoms with Crippen molar-refractivity contribution < 1.29 is 9.53 Å². The molecule has 1 saturated heterocycles. The molecule has 0 spiro atoms. The van der Waals surface area contributed by atoms with E-state index in [2.05, 4.69) is 4.99 Å². The van der Waals surface area contributed by atoms with Crippen LogP contribution in [0.4, 0.5) is 0 Å². The van der Waals surface area contributed by atoms with Crippen LogP contribution in [0, 0.1) is 5.41 Å². The first-order valence-electron chi connectivity index (χ1n) is 7.39. The maximum atomic E-state index is 12.4. The zero-order valence-corrected chi connectivity index (χ0v) is 15.3. The third kappa shape index (κ3) is 4.45. The van der Waals surface area contributed by atoms with Crippen LogP contribution in [-0.2, 0) is 9.53 Å². The monoisotopic (exact) mass is 410 g/mol. The predicted molar refractivity (Wildman–Crippen MR) is 93.9 cm³/mol. The van der Waals surface area contributed by atoms with Crippen LogP contribution in [0.25, 0.3) is 0 Å². The van der Waals surface area contributed by atoms with Gasteiger partial charge in [-0.15, -0.1) is 24.0 Å². The summed E-state index contributed by atoms with van der Waals surface area (Å²) < 4.78 is 5.30. The molecule has 1 aliphatic carbocycles. The molecule has 21 heavy (non-hydrogen) atoms. The second-order valence-corrected chi connectivity index (χ2v) is 5.96. The van der Waals surface area contributed by atoms with Gasteiger partial charge in [-0.2, -0.15) is 0 Å². The van der Waals surface area contributed by atoms with Gasteiger partial charge in [-0.25, -0.2) is 0 Å². The lowest BCUT2D eigenvalue weighted by molar-refractivity contribution is -0.138. The van der Waals surface area contributed by atoms with Gasteiger partial charge in [-0.3, -0.25) is 9.79 Å². The Morgan fingerprint density at radius 1 is 1.29 bits per heavy atom. The van der Waals surface area contributed by atoms with Crippen molar-refractivity contribution in [3.05, 3.63) is 0 Å². The number of nitrogens with zero attached hydrogens (tertiary/aromatic N) is 3. The average Bonchev–Trinajstić information content (AvgIpc) is 2.94. The molecule has 1 amide bonds. The van der Waals surface area contributed by atoms with E-state index in [9.17, 15) is 4.79 Å². The molecule has 1 heterocycles. The molecule has 0 atom stereocenters. The SMILES string of the molecule is CN(C)C(=O)C1(CN=C(N)N2CCOCC2)CCCC1.I. The van der Waals surface area contributed by atoms with Gasteiger partial charge < -0.3 is 20.3 Å². The fraction of sp³-hybridized carbons (Fsp3) is 0.857. The molecule has 1 saturated carbocycles. The summed E-state index contributed by atoms with van der Waals surface area (Å²) in [6.45, 7) is 3.46. The Kier molecular flexibility index (Phi) is 7.19. The first-order chi connectivity index (χ1) is 9.55. The first kappa shape index (κ1) is 18.5. The summed E-state index contributed by atoms with van der Waals surface area (Å²) in [4.78, 5) is 20.7. The Morgan fingerprint density at radius 2 is 1.86 bits per heavy atom. The highest BCUT2D eigenvalue weighted by Crippen LogP contribution is 2.39. The lowest BCUT2D eigenvalue weighted by Crippen LogP contribution is -2.46. The molecule has 1 aliphatic heterocycles. The third-order valence-electron chi connectivity index (χ3n) is 4.30. The van der Waals surface area contributed by atoms with Crippen LogP contribution in [0.2, 0.25) is 0 Å². The molecular formula is C14H27IN4O2. The van der Waals surface area contributed by atoms with Crippen LogP contribution in [0.3, 0.4) is 0 Å². The molecule has 0 unspecified atom stereocenters. The van der Waals surface area contributed by atoms with Crippen molar-refractivity contribution in [1.82, 2.24) is 9.80 Å². The Labute approximate surface area is 144 Å². The summed E-state index contributed by atoms with van der Waals surface area (Å²) in [5.74, 6) is 0.736. The number of hydrogen-bond acceptors (Lipinski definition) is 3. The molecule has 122 valence electrons. The minimum atomic E-state index is -0.333. The zero-order chi connectivity index (χ0) is 14.6. The number of rotatable bonds is 3. The van der Waals surface area contributed by atoms with E-state index >= 15 is 0 Å². The summed E-state index contributed by atoms with van der Waals surface area (Å²) in [5, 5.41) is 0. The normalized spacial score (nSPS) is 21.8. The molecular weight excluding hydrogens is 383 g/mol. The standard InChI is InChI=1S/C14H26N4O2.HI/c1-17(2)12(19)14(5-3-4-6-14)11-16-13(15)18-7-9-20-10-8-18;/h3-11H2,1-2H3,(H2,15,16);1H. The second-order valence-electron chi connectivity index (χ2n) is 5.96. The van der Waals surface area contributed by atoms with Crippen molar-refractivity contribution in [2.45, 2.75) is 25.7 Å². The number of guanidine groups is 1. The lowest BCUT2D eigenvalue weighted by atomic mass is 9.85. The van der Waals surface area contributed by atoms with Crippen LogP contribution in [0.1, 0.15) is 25.7 Å². The number of amides is 1. The Balaban J connectivity index is 0.00000220. The Bertz CT molecular complexity index is 375. The van der Waals surface area contributed by atoms with Crippen LogP contribution in [0.15, 0.2) is 4.99 Å². The van der Waals surface area contributed by atoms with E-state index in [1.54, 1.807) is 4.90 Å². The van der Waals surface area contributed by atoms with Gasteiger partial charge in [0.05, 0.1) is 25.2 Å². The topological polar surface area (TPSA) is 71.2 Å². The Morgan fingerprint density at radius 3 is 2.38 bits per heavy atom. The first-order valence-corrected chi connectivity index (χ1v) is 7.39. The van der Waals surface area contributed by atoms with Crippen molar-refractivity contribution in [1.29, 1.82) is 0 Å².